The number of thiophene rings is 1. The van der Waals surface area contributed by atoms with Crippen LogP contribution in [0.15, 0.2) is 46.6 Å². The molecular formula is C27H32N6O2S. The van der Waals surface area contributed by atoms with Crippen LogP contribution < -0.4 is 5.56 Å². The molecule has 1 aromatic carbocycles. The van der Waals surface area contributed by atoms with Crippen molar-refractivity contribution in [1.29, 1.82) is 0 Å². The summed E-state index contributed by atoms with van der Waals surface area (Å²) in [6, 6.07) is 12.3. The summed E-state index contributed by atoms with van der Waals surface area (Å²) in [5.41, 5.74) is 2.55. The molecule has 36 heavy (non-hydrogen) atoms. The van der Waals surface area contributed by atoms with E-state index < -0.39 is 0 Å². The Kier molecular flexibility index (Phi) is 6.69. The number of hydrogen-bond acceptors (Lipinski definition) is 7. The van der Waals surface area contributed by atoms with Crippen molar-refractivity contribution >= 4 is 22.2 Å². The zero-order valence-corrected chi connectivity index (χ0v) is 21.4. The fraction of sp³-hybridized carbons (Fsp3) is 0.481. The smallest absolute Gasteiger partial charge is 0.253 e. The van der Waals surface area contributed by atoms with E-state index in [0.29, 0.717) is 18.7 Å². The Morgan fingerprint density at radius 3 is 2.86 bits per heavy atom. The van der Waals surface area contributed by atoms with Gasteiger partial charge in [0.2, 0.25) is 0 Å². The lowest BCUT2D eigenvalue weighted by Gasteiger charge is -2.33. The molecule has 4 aromatic rings. The molecule has 0 spiro atoms. The average molecular weight is 505 g/mol. The first-order valence-electron chi connectivity index (χ1n) is 12.9. The largest absolute Gasteiger partial charge is 0.377 e. The number of H-pyrrole nitrogens is 1. The molecule has 0 bridgehead atoms. The lowest BCUT2D eigenvalue weighted by molar-refractivity contribution is 0.0574. The highest BCUT2D eigenvalue weighted by Crippen LogP contribution is 2.35. The molecule has 6 rings (SSSR count). The highest BCUT2D eigenvalue weighted by molar-refractivity contribution is 7.09. The van der Waals surface area contributed by atoms with Crippen LogP contribution in [0, 0.1) is 6.92 Å². The van der Waals surface area contributed by atoms with Crippen LogP contribution in [-0.4, -0.2) is 49.3 Å². The second-order valence-electron chi connectivity index (χ2n) is 10.1. The van der Waals surface area contributed by atoms with Crippen molar-refractivity contribution in [2.75, 3.05) is 13.2 Å². The molecule has 0 unspecified atom stereocenters. The first-order chi connectivity index (χ1) is 17.7. The quantitative estimate of drug-likeness (QED) is 0.372. The summed E-state index contributed by atoms with van der Waals surface area (Å²) in [4.78, 5) is 20.4. The van der Waals surface area contributed by atoms with Crippen molar-refractivity contribution in [3.05, 3.63) is 74.0 Å². The van der Waals surface area contributed by atoms with Gasteiger partial charge in [0.1, 0.15) is 6.04 Å². The number of tetrazole rings is 1. The number of aromatic nitrogens is 5. The summed E-state index contributed by atoms with van der Waals surface area (Å²) >= 11 is 1.73. The summed E-state index contributed by atoms with van der Waals surface area (Å²) in [5, 5.41) is 16.2. The number of fused-ring (bicyclic) bond motifs is 1. The third-order valence-electron chi connectivity index (χ3n) is 7.52. The molecule has 3 aromatic heterocycles. The Morgan fingerprint density at radius 1 is 1.19 bits per heavy atom. The Hall–Kier alpha value is -2.88. The van der Waals surface area contributed by atoms with Crippen LogP contribution in [0.1, 0.15) is 72.4 Å². The van der Waals surface area contributed by atoms with Crippen molar-refractivity contribution in [2.24, 2.45) is 0 Å². The molecule has 0 radical (unpaired) electrons. The van der Waals surface area contributed by atoms with E-state index in [1.807, 2.05) is 23.7 Å². The Morgan fingerprint density at radius 2 is 2.08 bits per heavy atom. The maximum atomic E-state index is 13.7. The van der Waals surface area contributed by atoms with Gasteiger partial charge in [0, 0.05) is 35.7 Å². The molecule has 2 fully saturated rings. The lowest BCUT2D eigenvalue weighted by Crippen LogP contribution is -2.39. The molecule has 0 amide bonds. The molecule has 8 nitrogen and oxygen atoms in total. The van der Waals surface area contributed by atoms with Crippen molar-refractivity contribution in [3.8, 4) is 0 Å². The van der Waals surface area contributed by atoms with Gasteiger partial charge in [-0.3, -0.25) is 9.69 Å². The monoisotopic (exact) mass is 504 g/mol. The van der Waals surface area contributed by atoms with Crippen LogP contribution in [0.5, 0.6) is 0 Å². The summed E-state index contributed by atoms with van der Waals surface area (Å²) < 4.78 is 8.06. The van der Waals surface area contributed by atoms with Gasteiger partial charge in [0.15, 0.2) is 5.82 Å². The number of hydrogen-bond donors (Lipinski definition) is 1. The van der Waals surface area contributed by atoms with Crippen LogP contribution in [0.4, 0.5) is 0 Å². The predicted octanol–water partition coefficient (Wildman–Crippen LogP) is 4.77. The number of aryl methyl sites for hydroxylation is 1. The highest BCUT2D eigenvalue weighted by atomic mass is 32.1. The van der Waals surface area contributed by atoms with E-state index in [2.05, 4.69) is 55.1 Å². The molecular weight excluding hydrogens is 472 g/mol. The maximum absolute atomic E-state index is 13.7. The molecule has 188 valence electrons. The van der Waals surface area contributed by atoms with Crippen LogP contribution in [-0.2, 0) is 11.3 Å². The number of nitrogens with one attached hydrogen (secondary N) is 1. The fourth-order valence-corrected chi connectivity index (χ4v) is 6.47. The summed E-state index contributed by atoms with van der Waals surface area (Å²) in [7, 11) is 0. The first-order valence-corrected chi connectivity index (χ1v) is 13.8. The molecule has 1 aliphatic carbocycles. The van der Waals surface area contributed by atoms with Crippen molar-refractivity contribution < 1.29 is 4.74 Å². The number of nitrogens with zero attached hydrogens (tertiary/aromatic N) is 5. The van der Waals surface area contributed by atoms with E-state index in [4.69, 9.17) is 4.74 Å². The number of rotatable bonds is 8. The number of benzene rings is 1. The van der Waals surface area contributed by atoms with Gasteiger partial charge in [0.25, 0.3) is 5.56 Å². The van der Waals surface area contributed by atoms with Crippen molar-refractivity contribution in [3.63, 3.8) is 0 Å². The predicted molar refractivity (Wildman–Crippen MR) is 140 cm³/mol. The average Bonchev–Trinajstić information content (AvgIpc) is 3.68. The van der Waals surface area contributed by atoms with Gasteiger partial charge < -0.3 is 9.72 Å². The van der Waals surface area contributed by atoms with Crippen molar-refractivity contribution in [1.82, 2.24) is 30.1 Å². The molecule has 1 N–H and O–H groups in total. The molecule has 2 aliphatic rings. The molecule has 9 heteroatoms. The molecule has 2 atom stereocenters. The van der Waals surface area contributed by atoms with Crippen LogP contribution in [0.2, 0.25) is 0 Å². The summed E-state index contributed by atoms with van der Waals surface area (Å²) in [6.07, 6.45) is 6.71. The zero-order valence-electron chi connectivity index (χ0n) is 20.6. The second-order valence-corrected chi connectivity index (χ2v) is 11.1. The molecule has 1 saturated carbocycles. The van der Waals surface area contributed by atoms with Gasteiger partial charge in [-0.15, -0.1) is 16.4 Å². The van der Waals surface area contributed by atoms with Gasteiger partial charge in [0.05, 0.1) is 12.1 Å². The van der Waals surface area contributed by atoms with Gasteiger partial charge in [-0.05, 0) is 77.6 Å². The minimum absolute atomic E-state index is 0.0948. The summed E-state index contributed by atoms with van der Waals surface area (Å²) in [5.74, 6) is 0.744. The molecule has 1 saturated heterocycles. The standard InChI is InChI=1S/C27H32N6O2S/c1-18-10-11-19-15-23(27(34)28-24(19)14-18)25(26-29-30-31-33(26)20-6-2-3-7-20)32(16-21-8-4-12-35-21)17-22-9-5-13-36-22/h5,9-11,13-15,20-21,25H,2-4,6-8,12,16-17H2,1H3,(H,28,34)/t21-,25+/m0/s1. The Balaban J connectivity index is 1.50. The fourth-order valence-electron chi connectivity index (χ4n) is 5.74. The van der Waals surface area contributed by atoms with E-state index in [1.165, 1.54) is 17.7 Å². The SMILES string of the molecule is Cc1ccc2cc([C@H](c3nnnn3C3CCCC3)N(Cc3cccs3)C[C@@H]3CCCO3)c(=O)[nH]c2c1. The Labute approximate surface area is 214 Å². The third-order valence-corrected chi connectivity index (χ3v) is 8.39. The first kappa shape index (κ1) is 23.5. The number of pyridine rings is 1. The normalized spacial score (nSPS) is 19.6. The third kappa shape index (κ3) is 4.75. The zero-order chi connectivity index (χ0) is 24.5. The van der Waals surface area contributed by atoms with Crippen LogP contribution >= 0.6 is 11.3 Å². The lowest BCUT2D eigenvalue weighted by atomic mass is 10.0. The van der Waals surface area contributed by atoms with E-state index in [0.717, 1.165) is 54.6 Å². The molecule has 4 heterocycles. The molecule has 1 aliphatic heterocycles. The Bertz CT molecular complexity index is 1370. The van der Waals surface area contributed by atoms with E-state index in [9.17, 15) is 4.79 Å². The highest BCUT2D eigenvalue weighted by Gasteiger charge is 2.35. The minimum atomic E-state index is -0.388. The van der Waals surface area contributed by atoms with E-state index >= 15 is 0 Å². The van der Waals surface area contributed by atoms with E-state index in [-0.39, 0.29) is 23.7 Å². The topological polar surface area (TPSA) is 88.9 Å². The minimum Gasteiger partial charge on any atom is -0.377 e. The van der Waals surface area contributed by atoms with Gasteiger partial charge in [-0.2, -0.15) is 0 Å². The number of ether oxygens (including phenoxy) is 1. The number of aromatic amines is 1. The second kappa shape index (κ2) is 10.2. The van der Waals surface area contributed by atoms with E-state index in [1.54, 1.807) is 11.3 Å². The van der Waals surface area contributed by atoms with Gasteiger partial charge >= 0.3 is 0 Å². The van der Waals surface area contributed by atoms with Gasteiger partial charge in [-0.1, -0.05) is 31.0 Å². The summed E-state index contributed by atoms with van der Waals surface area (Å²) in [6.45, 7) is 4.24. The van der Waals surface area contributed by atoms with Gasteiger partial charge in [-0.25, -0.2) is 4.68 Å². The van der Waals surface area contributed by atoms with Crippen LogP contribution in [0.25, 0.3) is 10.9 Å². The van der Waals surface area contributed by atoms with Crippen LogP contribution in [0.3, 0.4) is 0 Å². The maximum Gasteiger partial charge on any atom is 0.253 e. The van der Waals surface area contributed by atoms with Crippen molar-refractivity contribution in [2.45, 2.75) is 70.2 Å².